The molecule has 0 fully saturated rings. The van der Waals surface area contributed by atoms with Gasteiger partial charge in [0.2, 0.25) is 5.91 Å². The van der Waals surface area contributed by atoms with Crippen LogP contribution in [0.25, 0.3) is 0 Å². The summed E-state index contributed by atoms with van der Waals surface area (Å²) >= 11 is 0. The summed E-state index contributed by atoms with van der Waals surface area (Å²) in [7, 11) is 3.61. The highest BCUT2D eigenvalue weighted by atomic mass is 33.1. The summed E-state index contributed by atoms with van der Waals surface area (Å²) in [5.41, 5.74) is 0.871. The normalized spacial score (nSPS) is 13.1. The molecular formula is C15H23NOS2. The summed E-state index contributed by atoms with van der Waals surface area (Å²) in [5, 5.41) is 2.94. The number of carbonyl (C=O) groups is 1. The van der Waals surface area contributed by atoms with Crippen molar-refractivity contribution >= 4 is 33.2 Å². The number of benzene rings is 1. The number of anilines is 1. The Morgan fingerprint density at radius 3 is 2.32 bits per heavy atom. The predicted octanol–water partition coefficient (Wildman–Crippen LogP) is 5.21. The van der Waals surface area contributed by atoms with Gasteiger partial charge in [-0.1, -0.05) is 56.2 Å². The number of rotatable bonds is 5. The van der Waals surface area contributed by atoms with Gasteiger partial charge in [-0.05, 0) is 30.7 Å². The summed E-state index contributed by atoms with van der Waals surface area (Å²) in [6, 6.07) is 8.03. The first-order valence-electron chi connectivity index (χ1n) is 6.58. The summed E-state index contributed by atoms with van der Waals surface area (Å²) in [6.45, 7) is 10.6. The molecular weight excluding hydrogens is 274 g/mol. The highest BCUT2D eigenvalue weighted by molar-refractivity contribution is 8.77. The molecule has 0 aromatic heterocycles. The van der Waals surface area contributed by atoms with Gasteiger partial charge in [-0.25, -0.2) is 0 Å². The second kappa shape index (κ2) is 7.25. The molecule has 1 aromatic rings. The fraction of sp³-hybridized carbons (Fsp3) is 0.533. The number of hydrogen-bond acceptors (Lipinski definition) is 3. The minimum atomic E-state index is 0.0606. The van der Waals surface area contributed by atoms with Gasteiger partial charge in [-0.15, -0.1) is 0 Å². The van der Waals surface area contributed by atoms with E-state index in [0.29, 0.717) is 0 Å². The molecule has 0 heterocycles. The van der Waals surface area contributed by atoms with E-state index in [-0.39, 0.29) is 16.6 Å². The van der Waals surface area contributed by atoms with Crippen LogP contribution in [0.3, 0.4) is 0 Å². The smallest absolute Gasteiger partial charge is 0.227 e. The first kappa shape index (κ1) is 16.4. The van der Waals surface area contributed by atoms with Gasteiger partial charge < -0.3 is 5.32 Å². The molecule has 1 aromatic carbocycles. The van der Waals surface area contributed by atoms with Crippen LogP contribution >= 0.6 is 21.6 Å². The van der Waals surface area contributed by atoms with Crippen LogP contribution in [0.1, 0.15) is 41.0 Å². The molecule has 0 radical (unpaired) electrons. The topological polar surface area (TPSA) is 29.1 Å². The lowest BCUT2D eigenvalue weighted by molar-refractivity contribution is -0.119. The molecule has 0 aliphatic carbocycles. The van der Waals surface area contributed by atoms with Crippen molar-refractivity contribution in [2.45, 2.75) is 50.7 Å². The van der Waals surface area contributed by atoms with Crippen molar-refractivity contribution < 1.29 is 4.79 Å². The lowest BCUT2D eigenvalue weighted by Gasteiger charge is -2.16. The minimum Gasteiger partial charge on any atom is -0.326 e. The van der Waals surface area contributed by atoms with Crippen LogP contribution in [0.5, 0.6) is 0 Å². The molecule has 1 amide bonds. The fourth-order valence-corrected chi connectivity index (χ4v) is 3.18. The Hall–Kier alpha value is -0.610. The quantitative estimate of drug-likeness (QED) is 0.756. The number of nitrogens with one attached hydrogen (secondary N) is 1. The predicted molar refractivity (Wildman–Crippen MR) is 87.7 cm³/mol. The number of hydrogen-bond donors (Lipinski definition) is 1. The van der Waals surface area contributed by atoms with E-state index in [0.717, 1.165) is 12.1 Å². The van der Waals surface area contributed by atoms with Gasteiger partial charge in [0.15, 0.2) is 0 Å². The van der Waals surface area contributed by atoms with Crippen molar-refractivity contribution in [3.05, 3.63) is 24.3 Å². The van der Waals surface area contributed by atoms with Gasteiger partial charge in [0.05, 0.1) is 0 Å². The largest absolute Gasteiger partial charge is 0.326 e. The molecule has 0 saturated heterocycles. The van der Waals surface area contributed by atoms with Crippen LogP contribution in [0.15, 0.2) is 29.2 Å². The third-order valence-electron chi connectivity index (χ3n) is 2.57. The second-order valence-electron chi connectivity index (χ2n) is 5.60. The molecule has 1 unspecified atom stereocenters. The van der Waals surface area contributed by atoms with E-state index >= 15 is 0 Å². The van der Waals surface area contributed by atoms with E-state index < -0.39 is 0 Å². The van der Waals surface area contributed by atoms with E-state index in [4.69, 9.17) is 0 Å². The number of carbonyl (C=O) groups excluding carboxylic acids is 1. The Bertz CT molecular complexity index is 409. The summed E-state index contributed by atoms with van der Waals surface area (Å²) < 4.78 is 0.244. The minimum absolute atomic E-state index is 0.0606. The van der Waals surface area contributed by atoms with E-state index in [1.807, 2.05) is 36.8 Å². The van der Waals surface area contributed by atoms with Crippen LogP contribution in [0, 0.1) is 5.92 Å². The average molecular weight is 297 g/mol. The molecule has 0 saturated carbocycles. The van der Waals surface area contributed by atoms with Gasteiger partial charge in [0.1, 0.15) is 0 Å². The van der Waals surface area contributed by atoms with Crippen molar-refractivity contribution in [2.75, 3.05) is 5.32 Å². The Kier molecular flexibility index (Phi) is 6.27. The van der Waals surface area contributed by atoms with Gasteiger partial charge in [0, 0.05) is 21.2 Å². The monoisotopic (exact) mass is 297 g/mol. The summed E-state index contributed by atoms with van der Waals surface area (Å²) in [6.07, 6.45) is 0.863. The maximum atomic E-state index is 11.8. The van der Waals surface area contributed by atoms with Crippen molar-refractivity contribution in [1.29, 1.82) is 0 Å². The molecule has 1 atom stereocenters. The summed E-state index contributed by atoms with van der Waals surface area (Å²) in [4.78, 5) is 13.0. The molecule has 19 heavy (non-hydrogen) atoms. The lowest BCUT2D eigenvalue weighted by atomic mass is 10.1. The van der Waals surface area contributed by atoms with Crippen LogP contribution in [0.4, 0.5) is 5.69 Å². The van der Waals surface area contributed by atoms with E-state index in [9.17, 15) is 4.79 Å². The van der Waals surface area contributed by atoms with Crippen molar-refractivity contribution in [1.82, 2.24) is 0 Å². The first-order valence-corrected chi connectivity index (χ1v) is 8.73. The molecule has 106 valence electrons. The second-order valence-corrected chi connectivity index (χ2v) is 8.63. The standard InChI is InChI=1S/C15H23NOS2/c1-6-11(2)14(17)16-12-7-9-13(10-8-12)18-19-15(3,4)5/h7-11H,6H2,1-5H3,(H,16,17). The number of amides is 1. The van der Waals surface area contributed by atoms with Crippen molar-refractivity contribution in [3.63, 3.8) is 0 Å². The van der Waals surface area contributed by atoms with Gasteiger partial charge in [0.25, 0.3) is 0 Å². The Morgan fingerprint density at radius 2 is 1.84 bits per heavy atom. The summed E-state index contributed by atoms with van der Waals surface area (Å²) in [5.74, 6) is 0.150. The average Bonchev–Trinajstić information content (AvgIpc) is 2.36. The Balaban J connectivity index is 2.54. The first-order chi connectivity index (χ1) is 8.81. The maximum absolute atomic E-state index is 11.8. The Labute approximate surface area is 124 Å². The van der Waals surface area contributed by atoms with Crippen LogP contribution in [-0.2, 0) is 4.79 Å². The van der Waals surface area contributed by atoms with Crippen LogP contribution < -0.4 is 5.32 Å². The molecule has 2 nitrogen and oxygen atoms in total. The van der Waals surface area contributed by atoms with Gasteiger partial charge in [-0.2, -0.15) is 0 Å². The lowest BCUT2D eigenvalue weighted by Crippen LogP contribution is -2.19. The zero-order valence-electron chi connectivity index (χ0n) is 12.3. The highest BCUT2D eigenvalue weighted by Crippen LogP contribution is 2.40. The van der Waals surface area contributed by atoms with E-state index in [1.54, 1.807) is 10.8 Å². The molecule has 0 bridgehead atoms. The Morgan fingerprint density at radius 1 is 1.26 bits per heavy atom. The van der Waals surface area contributed by atoms with E-state index in [1.165, 1.54) is 4.90 Å². The maximum Gasteiger partial charge on any atom is 0.227 e. The van der Waals surface area contributed by atoms with Gasteiger partial charge in [-0.3, -0.25) is 4.79 Å². The van der Waals surface area contributed by atoms with Crippen molar-refractivity contribution in [3.8, 4) is 0 Å². The SMILES string of the molecule is CCC(C)C(=O)Nc1ccc(SSC(C)(C)C)cc1. The third kappa shape index (κ3) is 6.39. The molecule has 4 heteroatoms. The third-order valence-corrected chi connectivity index (χ3v) is 5.95. The van der Waals surface area contributed by atoms with Crippen molar-refractivity contribution in [2.24, 2.45) is 5.92 Å². The highest BCUT2D eigenvalue weighted by Gasteiger charge is 2.12. The zero-order valence-corrected chi connectivity index (χ0v) is 14.0. The fourth-order valence-electron chi connectivity index (χ4n) is 1.22. The molecule has 1 N–H and O–H groups in total. The van der Waals surface area contributed by atoms with Gasteiger partial charge >= 0.3 is 0 Å². The molecule has 0 spiro atoms. The zero-order chi connectivity index (χ0) is 14.5. The van der Waals surface area contributed by atoms with E-state index in [2.05, 4.69) is 38.2 Å². The van der Waals surface area contributed by atoms with Crippen LogP contribution in [-0.4, -0.2) is 10.7 Å². The van der Waals surface area contributed by atoms with Crippen LogP contribution in [0.2, 0.25) is 0 Å². The molecule has 0 aliphatic rings. The molecule has 0 aliphatic heterocycles. The molecule has 1 rings (SSSR count).